The molecule has 5 heteroatoms. The summed E-state index contributed by atoms with van der Waals surface area (Å²) in [5, 5.41) is 3.20. The van der Waals surface area contributed by atoms with E-state index in [9.17, 15) is 4.79 Å². The van der Waals surface area contributed by atoms with Gasteiger partial charge in [-0.15, -0.1) is 0 Å². The summed E-state index contributed by atoms with van der Waals surface area (Å²) in [6.07, 6.45) is 3.20. The van der Waals surface area contributed by atoms with Crippen molar-refractivity contribution in [2.75, 3.05) is 5.32 Å². The van der Waals surface area contributed by atoms with Gasteiger partial charge in [-0.05, 0) is 31.2 Å². The van der Waals surface area contributed by atoms with Gasteiger partial charge >= 0.3 is 0 Å². The number of nitrogens with one attached hydrogen (secondary N) is 1. The van der Waals surface area contributed by atoms with Crippen LogP contribution in [0.15, 0.2) is 42.7 Å². The van der Waals surface area contributed by atoms with Crippen molar-refractivity contribution in [3.8, 4) is 0 Å². The first-order valence-corrected chi connectivity index (χ1v) is 5.60. The van der Waals surface area contributed by atoms with E-state index in [1.807, 2.05) is 25.1 Å². The summed E-state index contributed by atoms with van der Waals surface area (Å²) in [6.45, 7) is 1.99. The highest BCUT2D eigenvalue weighted by molar-refractivity contribution is 5.92. The number of primary amides is 1. The second-order valence-corrected chi connectivity index (χ2v) is 3.92. The van der Waals surface area contributed by atoms with E-state index in [-0.39, 0.29) is 6.04 Å². The predicted molar refractivity (Wildman–Crippen MR) is 69.0 cm³/mol. The quantitative estimate of drug-likeness (QED) is 0.855. The second kappa shape index (κ2) is 5.27. The lowest BCUT2D eigenvalue weighted by atomic mass is 10.2. The third kappa shape index (κ3) is 2.82. The number of aromatic nitrogens is 2. The van der Waals surface area contributed by atoms with Crippen LogP contribution in [-0.4, -0.2) is 15.9 Å². The minimum atomic E-state index is -0.480. The van der Waals surface area contributed by atoms with E-state index in [0.717, 1.165) is 5.69 Å². The molecule has 0 aliphatic carbocycles. The molecule has 0 aliphatic heterocycles. The highest BCUT2D eigenvalue weighted by Crippen LogP contribution is 2.15. The van der Waals surface area contributed by atoms with Gasteiger partial charge in [0.15, 0.2) is 0 Å². The fourth-order valence-corrected chi connectivity index (χ4v) is 1.55. The van der Waals surface area contributed by atoms with E-state index in [1.54, 1.807) is 18.3 Å². The monoisotopic (exact) mass is 242 g/mol. The average Bonchev–Trinajstić information content (AvgIpc) is 2.40. The summed E-state index contributed by atoms with van der Waals surface area (Å²) in [7, 11) is 0. The van der Waals surface area contributed by atoms with Gasteiger partial charge in [0.05, 0.1) is 17.3 Å². The van der Waals surface area contributed by atoms with Gasteiger partial charge in [-0.2, -0.15) is 0 Å². The summed E-state index contributed by atoms with van der Waals surface area (Å²) >= 11 is 0. The Morgan fingerprint density at radius 2 is 2.11 bits per heavy atom. The predicted octanol–water partition coefficient (Wildman–Crippen LogP) is 1.75. The molecule has 0 fully saturated rings. The highest BCUT2D eigenvalue weighted by atomic mass is 16.1. The van der Waals surface area contributed by atoms with E-state index in [2.05, 4.69) is 15.3 Å². The van der Waals surface area contributed by atoms with Gasteiger partial charge in [0, 0.05) is 12.4 Å². The van der Waals surface area contributed by atoms with Crippen molar-refractivity contribution in [1.82, 2.24) is 9.97 Å². The molecular formula is C13H14N4O. The van der Waals surface area contributed by atoms with Crippen LogP contribution in [0.2, 0.25) is 0 Å². The molecule has 0 bridgehead atoms. The van der Waals surface area contributed by atoms with Crippen LogP contribution in [0.4, 0.5) is 5.82 Å². The standard InChI is InChI=1S/C13H14N4O/c1-9(11-4-2-3-7-15-11)17-12-6-5-10(8-16-12)13(14)18/h2-9H,1H3,(H2,14,18)(H,16,17). The number of nitrogens with two attached hydrogens (primary N) is 1. The Morgan fingerprint density at radius 3 is 2.67 bits per heavy atom. The van der Waals surface area contributed by atoms with E-state index < -0.39 is 5.91 Å². The van der Waals surface area contributed by atoms with Crippen LogP contribution in [0, 0.1) is 0 Å². The third-order valence-electron chi connectivity index (χ3n) is 2.54. The molecule has 2 rings (SSSR count). The van der Waals surface area contributed by atoms with Crippen LogP contribution in [-0.2, 0) is 0 Å². The lowest BCUT2D eigenvalue weighted by molar-refractivity contribution is 0.1000. The van der Waals surface area contributed by atoms with Gasteiger partial charge in [0.25, 0.3) is 0 Å². The Morgan fingerprint density at radius 1 is 1.28 bits per heavy atom. The zero-order chi connectivity index (χ0) is 13.0. The van der Waals surface area contributed by atoms with E-state index in [1.165, 1.54) is 6.20 Å². The smallest absolute Gasteiger partial charge is 0.250 e. The number of hydrogen-bond donors (Lipinski definition) is 2. The topological polar surface area (TPSA) is 80.9 Å². The molecule has 92 valence electrons. The Balaban J connectivity index is 2.08. The zero-order valence-electron chi connectivity index (χ0n) is 10.00. The van der Waals surface area contributed by atoms with E-state index in [4.69, 9.17) is 5.73 Å². The molecule has 5 nitrogen and oxygen atoms in total. The summed E-state index contributed by atoms with van der Waals surface area (Å²) in [6, 6.07) is 9.15. The van der Waals surface area contributed by atoms with Crippen LogP contribution in [0.5, 0.6) is 0 Å². The highest BCUT2D eigenvalue weighted by Gasteiger charge is 2.07. The number of anilines is 1. The van der Waals surface area contributed by atoms with Crippen LogP contribution < -0.4 is 11.1 Å². The van der Waals surface area contributed by atoms with Crippen molar-refractivity contribution in [2.24, 2.45) is 5.73 Å². The largest absolute Gasteiger partial charge is 0.366 e. The molecule has 2 heterocycles. The number of hydrogen-bond acceptors (Lipinski definition) is 4. The normalized spacial score (nSPS) is 11.8. The van der Waals surface area contributed by atoms with Crippen LogP contribution in [0.3, 0.4) is 0 Å². The number of rotatable bonds is 4. The molecule has 0 saturated heterocycles. The van der Waals surface area contributed by atoms with Gasteiger partial charge in [-0.3, -0.25) is 9.78 Å². The van der Waals surface area contributed by atoms with E-state index in [0.29, 0.717) is 11.4 Å². The SMILES string of the molecule is CC(Nc1ccc(C(N)=O)cn1)c1ccccn1. The Bertz CT molecular complexity index is 524. The summed E-state index contributed by atoms with van der Waals surface area (Å²) < 4.78 is 0. The van der Waals surface area contributed by atoms with Crippen molar-refractivity contribution in [3.63, 3.8) is 0 Å². The van der Waals surface area contributed by atoms with Gasteiger partial charge in [0.2, 0.25) is 5.91 Å². The lowest BCUT2D eigenvalue weighted by Gasteiger charge is -2.13. The maximum absolute atomic E-state index is 10.9. The van der Waals surface area contributed by atoms with Gasteiger partial charge in [-0.25, -0.2) is 4.98 Å². The first kappa shape index (κ1) is 12.0. The van der Waals surface area contributed by atoms with Crippen molar-refractivity contribution in [3.05, 3.63) is 54.0 Å². The molecule has 3 N–H and O–H groups in total. The maximum atomic E-state index is 10.9. The van der Waals surface area contributed by atoms with Crippen molar-refractivity contribution >= 4 is 11.7 Å². The molecular weight excluding hydrogens is 228 g/mol. The molecule has 0 aliphatic rings. The zero-order valence-corrected chi connectivity index (χ0v) is 10.00. The number of amides is 1. The fourth-order valence-electron chi connectivity index (χ4n) is 1.55. The Labute approximate surface area is 105 Å². The molecule has 2 aromatic rings. The minimum Gasteiger partial charge on any atom is -0.366 e. The lowest BCUT2D eigenvalue weighted by Crippen LogP contribution is -2.13. The number of pyridine rings is 2. The minimum absolute atomic E-state index is 0.0399. The van der Waals surface area contributed by atoms with Crippen LogP contribution in [0.1, 0.15) is 29.0 Å². The van der Waals surface area contributed by atoms with Crippen LogP contribution in [0.25, 0.3) is 0 Å². The second-order valence-electron chi connectivity index (χ2n) is 3.92. The first-order valence-electron chi connectivity index (χ1n) is 5.60. The Hall–Kier alpha value is -2.43. The maximum Gasteiger partial charge on any atom is 0.250 e. The van der Waals surface area contributed by atoms with Gasteiger partial charge in [-0.1, -0.05) is 6.07 Å². The fraction of sp³-hybridized carbons (Fsp3) is 0.154. The summed E-state index contributed by atoms with van der Waals surface area (Å²) in [5.41, 5.74) is 6.47. The molecule has 0 saturated carbocycles. The van der Waals surface area contributed by atoms with Crippen molar-refractivity contribution < 1.29 is 4.79 Å². The van der Waals surface area contributed by atoms with Crippen molar-refractivity contribution in [1.29, 1.82) is 0 Å². The molecule has 0 aromatic carbocycles. The molecule has 2 aromatic heterocycles. The molecule has 1 unspecified atom stereocenters. The summed E-state index contributed by atoms with van der Waals surface area (Å²) in [4.78, 5) is 19.3. The molecule has 0 spiro atoms. The molecule has 1 amide bonds. The summed E-state index contributed by atoms with van der Waals surface area (Å²) in [5.74, 6) is 0.199. The molecule has 1 atom stereocenters. The third-order valence-corrected chi connectivity index (χ3v) is 2.54. The van der Waals surface area contributed by atoms with Crippen LogP contribution >= 0.6 is 0 Å². The first-order chi connectivity index (χ1) is 8.66. The Kier molecular flexibility index (Phi) is 3.52. The van der Waals surface area contributed by atoms with E-state index >= 15 is 0 Å². The van der Waals surface area contributed by atoms with Gasteiger partial charge in [0.1, 0.15) is 5.82 Å². The number of carbonyl (C=O) groups is 1. The molecule has 0 radical (unpaired) electrons. The number of nitrogens with zero attached hydrogens (tertiary/aromatic N) is 2. The average molecular weight is 242 g/mol. The van der Waals surface area contributed by atoms with Gasteiger partial charge < -0.3 is 11.1 Å². The number of carbonyl (C=O) groups excluding carboxylic acids is 1. The molecule has 18 heavy (non-hydrogen) atoms. The van der Waals surface area contributed by atoms with Crippen molar-refractivity contribution in [2.45, 2.75) is 13.0 Å².